The van der Waals surface area contributed by atoms with Crippen LogP contribution in [0.15, 0.2) is 24.3 Å². The van der Waals surface area contributed by atoms with Crippen LogP contribution < -0.4 is 4.90 Å². The van der Waals surface area contributed by atoms with E-state index in [4.69, 9.17) is 5.11 Å². The minimum Gasteiger partial charge on any atom is -0.508 e. The Bertz CT molecular complexity index is 431. The highest BCUT2D eigenvalue weighted by Gasteiger charge is 2.11. The Morgan fingerprint density at radius 1 is 1.22 bits per heavy atom. The molecule has 0 bridgehead atoms. The molecule has 0 fully saturated rings. The topological polar surface area (TPSA) is 77.8 Å². The Balaban J connectivity index is 2.44. The summed E-state index contributed by atoms with van der Waals surface area (Å²) in [4.78, 5) is 23.6. The number of anilines is 1. The molecule has 0 aliphatic carbocycles. The second-order valence-corrected chi connectivity index (χ2v) is 4.07. The highest BCUT2D eigenvalue weighted by atomic mass is 16.4. The minimum atomic E-state index is -0.844. The molecular weight excluding hydrogens is 234 g/mol. The van der Waals surface area contributed by atoms with Gasteiger partial charge < -0.3 is 15.1 Å². The van der Waals surface area contributed by atoms with E-state index in [1.165, 1.54) is 17.0 Å². The summed E-state index contributed by atoms with van der Waals surface area (Å²) < 4.78 is 0. The number of carboxylic acid groups (broad SMARTS) is 1. The molecule has 0 aliphatic heterocycles. The first-order valence-electron chi connectivity index (χ1n) is 5.78. The molecule has 5 nitrogen and oxygen atoms in total. The fraction of sp³-hybridized carbons (Fsp3) is 0.385. The molecule has 0 aliphatic rings. The quantitative estimate of drug-likeness (QED) is 0.758. The first-order chi connectivity index (χ1) is 8.50. The molecule has 1 amide bonds. The van der Waals surface area contributed by atoms with E-state index in [2.05, 4.69) is 0 Å². The number of rotatable bonds is 6. The maximum atomic E-state index is 11.8. The van der Waals surface area contributed by atoms with Crippen LogP contribution in [0.25, 0.3) is 0 Å². The fourth-order valence-corrected chi connectivity index (χ4v) is 1.57. The molecule has 0 saturated carbocycles. The number of amides is 1. The third kappa shape index (κ3) is 4.45. The molecule has 1 rings (SSSR count). The maximum absolute atomic E-state index is 11.8. The molecular formula is C13H17NO4. The second kappa shape index (κ2) is 6.64. The van der Waals surface area contributed by atoms with Gasteiger partial charge in [-0.2, -0.15) is 0 Å². The third-order valence-corrected chi connectivity index (χ3v) is 2.62. The molecule has 0 aromatic heterocycles. The molecule has 0 saturated heterocycles. The number of hydrogen-bond donors (Lipinski definition) is 2. The first kappa shape index (κ1) is 14.0. The van der Waals surface area contributed by atoms with Crippen LogP contribution in [0, 0.1) is 0 Å². The van der Waals surface area contributed by atoms with Crippen molar-refractivity contribution in [1.82, 2.24) is 0 Å². The molecule has 1 aromatic carbocycles. The maximum Gasteiger partial charge on any atom is 0.303 e. The Morgan fingerprint density at radius 3 is 2.50 bits per heavy atom. The number of phenolic OH excluding ortho intramolecular Hbond substituents is 1. The van der Waals surface area contributed by atoms with E-state index >= 15 is 0 Å². The largest absolute Gasteiger partial charge is 0.508 e. The average molecular weight is 251 g/mol. The lowest BCUT2D eigenvalue weighted by molar-refractivity contribution is -0.137. The van der Waals surface area contributed by atoms with Crippen LogP contribution in [-0.2, 0) is 9.59 Å². The zero-order valence-corrected chi connectivity index (χ0v) is 10.3. The van der Waals surface area contributed by atoms with Crippen molar-refractivity contribution < 1.29 is 19.8 Å². The molecule has 18 heavy (non-hydrogen) atoms. The van der Waals surface area contributed by atoms with Gasteiger partial charge in [0.2, 0.25) is 5.91 Å². The predicted molar refractivity (Wildman–Crippen MR) is 67.6 cm³/mol. The minimum absolute atomic E-state index is 0.0864. The van der Waals surface area contributed by atoms with E-state index in [1.807, 2.05) is 0 Å². The van der Waals surface area contributed by atoms with Crippen molar-refractivity contribution in [2.45, 2.75) is 25.7 Å². The second-order valence-electron chi connectivity index (χ2n) is 4.07. The number of carbonyl (C=O) groups excluding carboxylic acids is 1. The van der Waals surface area contributed by atoms with Gasteiger partial charge in [0.25, 0.3) is 0 Å². The normalized spacial score (nSPS) is 10.1. The van der Waals surface area contributed by atoms with Gasteiger partial charge in [-0.25, -0.2) is 0 Å². The van der Waals surface area contributed by atoms with Crippen LogP contribution in [0.5, 0.6) is 5.75 Å². The van der Waals surface area contributed by atoms with Crippen molar-refractivity contribution in [3.8, 4) is 5.75 Å². The molecule has 0 radical (unpaired) electrons. The van der Waals surface area contributed by atoms with Crippen molar-refractivity contribution in [3.63, 3.8) is 0 Å². The van der Waals surface area contributed by atoms with E-state index in [1.54, 1.807) is 19.2 Å². The predicted octanol–water partition coefficient (Wildman–Crippen LogP) is 2.00. The van der Waals surface area contributed by atoms with E-state index in [0.717, 1.165) is 0 Å². The number of nitrogens with zero attached hydrogens (tertiary/aromatic N) is 1. The lowest BCUT2D eigenvalue weighted by Crippen LogP contribution is -2.25. The number of unbranched alkanes of at least 4 members (excludes halogenated alkanes) is 1. The molecule has 0 atom stereocenters. The van der Waals surface area contributed by atoms with E-state index in [9.17, 15) is 14.7 Å². The average Bonchev–Trinajstić information content (AvgIpc) is 2.33. The van der Waals surface area contributed by atoms with Gasteiger partial charge >= 0.3 is 5.97 Å². The van der Waals surface area contributed by atoms with Crippen LogP contribution in [0.3, 0.4) is 0 Å². The van der Waals surface area contributed by atoms with Crippen LogP contribution in [0.2, 0.25) is 0 Å². The molecule has 0 spiro atoms. The van der Waals surface area contributed by atoms with Crippen LogP contribution in [0.4, 0.5) is 5.69 Å². The summed E-state index contributed by atoms with van der Waals surface area (Å²) in [7, 11) is 1.63. The van der Waals surface area contributed by atoms with Crippen LogP contribution in [0.1, 0.15) is 25.7 Å². The van der Waals surface area contributed by atoms with Crippen LogP contribution in [-0.4, -0.2) is 29.1 Å². The van der Waals surface area contributed by atoms with Crippen LogP contribution >= 0.6 is 0 Å². The zero-order chi connectivity index (χ0) is 13.5. The highest BCUT2D eigenvalue weighted by molar-refractivity contribution is 5.92. The lowest BCUT2D eigenvalue weighted by atomic mass is 10.1. The summed E-state index contributed by atoms with van der Waals surface area (Å²) in [5.41, 5.74) is 0.623. The van der Waals surface area contributed by atoms with Gasteiger partial charge in [0.1, 0.15) is 5.75 Å². The molecule has 98 valence electrons. The summed E-state index contributed by atoms with van der Waals surface area (Å²) in [6.45, 7) is 0. The van der Waals surface area contributed by atoms with Gasteiger partial charge in [0.15, 0.2) is 0 Å². The molecule has 0 unspecified atom stereocenters. The van der Waals surface area contributed by atoms with Crippen molar-refractivity contribution in [1.29, 1.82) is 0 Å². The van der Waals surface area contributed by atoms with Gasteiger partial charge in [-0.15, -0.1) is 0 Å². The van der Waals surface area contributed by atoms with Crippen molar-refractivity contribution in [2.24, 2.45) is 0 Å². The number of hydrogen-bond acceptors (Lipinski definition) is 3. The lowest BCUT2D eigenvalue weighted by Gasteiger charge is -2.17. The number of phenols is 1. The fourth-order valence-electron chi connectivity index (χ4n) is 1.57. The molecule has 1 aromatic rings. The van der Waals surface area contributed by atoms with E-state index in [-0.39, 0.29) is 18.1 Å². The van der Waals surface area contributed by atoms with Gasteiger partial charge in [0.05, 0.1) is 0 Å². The number of carbonyl (C=O) groups is 2. The van der Waals surface area contributed by atoms with Gasteiger partial charge in [0, 0.05) is 31.6 Å². The Hall–Kier alpha value is -2.04. The number of aliphatic carboxylic acids is 1. The standard InChI is InChI=1S/C13H17NO4/c1-14(10-5-4-6-11(15)9-10)12(16)7-2-3-8-13(17)18/h4-6,9,15H,2-3,7-8H2,1H3,(H,17,18). The van der Waals surface area contributed by atoms with Crippen molar-refractivity contribution in [2.75, 3.05) is 11.9 Å². The Kier molecular flexibility index (Phi) is 5.17. The Morgan fingerprint density at radius 2 is 1.89 bits per heavy atom. The first-order valence-corrected chi connectivity index (χ1v) is 5.78. The molecule has 5 heteroatoms. The smallest absolute Gasteiger partial charge is 0.303 e. The highest BCUT2D eigenvalue weighted by Crippen LogP contribution is 2.19. The Labute approximate surface area is 106 Å². The monoisotopic (exact) mass is 251 g/mol. The van der Waals surface area contributed by atoms with Gasteiger partial charge in [-0.05, 0) is 25.0 Å². The summed E-state index contributed by atoms with van der Waals surface area (Å²) in [5.74, 6) is -0.826. The van der Waals surface area contributed by atoms with E-state index < -0.39 is 5.97 Å². The summed E-state index contributed by atoms with van der Waals surface area (Å²) >= 11 is 0. The third-order valence-electron chi connectivity index (χ3n) is 2.62. The summed E-state index contributed by atoms with van der Waals surface area (Å²) in [6.07, 6.45) is 1.44. The van der Waals surface area contributed by atoms with Crippen molar-refractivity contribution in [3.05, 3.63) is 24.3 Å². The zero-order valence-electron chi connectivity index (χ0n) is 10.3. The SMILES string of the molecule is CN(C(=O)CCCCC(=O)O)c1cccc(O)c1. The number of carboxylic acids is 1. The molecule has 2 N–H and O–H groups in total. The molecule has 0 heterocycles. The van der Waals surface area contributed by atoms with E-state index in [0.29, 0.717) is 24.9 Å². The number of benzene rings is 1. The van der Waals surface area contributed by atoms with Crippen molar-refractivity contribution >= 4 is 17.6 Å². The summed E-state index contributed by atoms with van der Waals surface area (Å²) in [5, 5.41) is 17.8. The summed E-state index contributed by atoms with van der Waals surface area (Å²) in [6, 6.07) is 6.44. The number of aromatic hydroxyl groups is 1. The van der Waals surface area contributed by atoms with Gasteiger partial charge in [-0.3, -0.25) is 9.59 Å². The van der Waals surface area contributed by atoms with Gasteiger partial charge in [-0.1, -0.05) is 6.07 Å².